The fraction of sp³-hybridized carbons (Fsp3) is 0.429. The molecule has 5 nitrogen and oxygen atoms in total. The second-order valence-corrected chi connectivity index (χ2v) is 5.19. The van der Waals surface area contributed by atoms with Crippen LogP contribution in [-0.2, 0) is 13.1 Å². The Morgan fingerprint density at radius 2 is 2.05 bits per heavy atom. The van der Waals surface area contributed by atoms with E-state index in [0.29, 0.717) is 0 Å². The Labute approximate surface area is 113 Å². The predicted octanol–water partition coefficient (Wildman–Crippen LogP) is 1.10. The van der Waals surface area contributed by atoms with Crippen LogP contribution in [0.3, 0.4) is 0 Å². The third-order valence-corrected chi connectivity index (χ3v) is 3.68. The quantitative estimate of drug-likeness (QED) is 0.894. The smallest absolute Gasteiger partial charge is 0.147 e. The van der Waals surface area contributed by atoms with E-state index in [1.165, 1.54) is 11.1 Å². The molecule has 19 heavy (non-hydrogen) atoms. The van der Waals surface area contributed by atoms with Gasteiger partial charge in [-0.15, -0.1) is 10.2 Å². The predicted molar refractivity (Wildman–Crippen MR) is 73.4 cm³/mol. The molecule has 1 aliphatic heterocycles. The van der Waals surface area contributed by atoms with E-state index in [-0.39, 0.29) is 6.04 Å². The van der Waals surface area contributed by atoms with Gasteiger partial charge < -0.3 is 10.3 Å². The van der Waals surface area contributed by atoms with E-state index in [0.717, 1.165) is 32.0 Å². The van der Waals surface area contributed by atoms with Crippen molar-refractivity contribution in [2.75, 3.05) is 13.1 Å². The summed E-state index contributed by atoms with van der Waals surface area (Å²) in [5.74, 6) is 1.03. The molecule has 3 rings (SSSR count). The van der Waals surface area contributed by atoms with Crippen molar-refractivity contribution in [3.05, 3.63) is 47.5 Å². The normalized spacial score (nSPS) is 17.2. The Balaban J connectivity index is 1.64. The second kappa shape index (κ2) is 5.11. The van der Waals surface area contributed by atoms with Gasteiger partial charge in [0.05, 0.1) is 6.54 Å². The van der Waals surface area contributed by atoms with E-state index >= 15 is 0 Å². The number of hydrogen-bond acceptors (Lipinski definition) is 4. The van der Waals surface area contributed by atoms with E-state index in [1.54, 1.807) is 6.33 Å². The van der Waals surface area contributed by atoms with Crippen LogP contribution in [0.15, 0.2) is 30.6 Å². The van der Waals surface area contributed by atoms with Gasteiger partial charge in [-0.2, -0.15) is 0 Å². The number of aryl methyl sites for hydroxylation is 1. The Hall–Kier alpha value is -1.72. The maximum atomic E-state index is 6.29. The van der Waals surface area contributed by atoms with Crippen LogP contribution in [0.5, 0.6) is 0 Å². The maximum Gasteiger partial charge on any atom is 0.147 e. The fourth-order valence-electron chi connectivity index (χ4n) is 2.47. The van der Waals surface area contributed by atoms with Crippen LogP contribution in [-0.4, -0.2) is 32.8 Å². The van der Waals surface area contributed by atoms with Crippen LogP contribution in [0.1, 0.15) is 23.0 Å². The van der Waals surface area contributed by atoms with Crippen molar-refractivity contribution in [2.45, 2.75) is 26.1 Å². The zero-order chi connectivity index (χ0) is 13.2. The molecule has 2 aromatic rings. The van der Waals surface area contributed by atoms with Gasteiger partial charge in [0.1, 0.15) is 12.2 Å². The average Bonchev–Trinajstić information content (AvgIpc) is 2.87. The SMILES string of the molecule is Cc1ccc(C(N)CN2CCn3cnnc3C2)cc1. The molecule has 0 bridgehead atoms. The van der Waals surface area contributed by atoms with E-state index in [4.69, 9.17) is 5.73 Å². The molecular weight excluding hydrogens is 238 g/mol. The lowest BCUT2D eigenvalue weighted by atomic mass is 10.1. The van der Waals surface area contributed by atoms with Crippen LogP contribution < -0.4 is 5.73 Å². The first-order valence-electron chi connectivity index (χ1n) is 6.63. The summed E-state index contributed by atoms with van der Waals surface area (Å²) in [4.78, 5) is 2.34. The van der Waals surface area contributed by atoms with Gasteiger partial charge in [-0.05, 0) is 12.5 Å². The van der Waals surface area contributed by atoms with Gasteiger partial charge >= 0.3 is 0 Å². The number of fused-ring (bicyclic) bond motifs is 1. The summed E-state index contributed by atoms with van der Waals surface area (Å²) in [5.41, 5.74) is 8.74. The first-order chi connectivity index (χ1) is 9.22. The Morgan fingerprint density at radius 1 is 1.26 bits per heavy atom. The van der Waals surface area contributed by atoms with Crippen molar-refractivity contribution in [1.82, 2.24) is 19.7 Å². The molecule has 1 unspecified atom stereocenters. The fourth-order valence-corrected chi connectivity index (χ4v) is 2.47. The van der Waals surface area contributed by atoms with Crippen LogP contribution in [0, 0.1) is 6.92 Å². The molecule has 100 valence electrons. The van der Waals surface area contributed by atoms with Crippen molar-refractivity contribution >= 4 is 0 Å². The van der Waals surface area contributed by atoms with Gasteiger partial charge in [-0.3, -0.25) is 4.90 Å². The van der Waals surface area contributed by atoms with Crippen molar-refractivity contribution in [2.24, 2.45) is 5.73 Å². The maximum absolute atomic E-state index is 6.29. The van der Waals surface area contributed by atoms with E-state index in [9.17, 15) is 0 Å². The van der Waals surface area contributed by atoms with Crippen LogP contribution in [0.2, 0.25) is 0 Å². The summed E-state index contributed by atoms with van der Waals surface area (Å²) in [7, 11) is 0. The molecule has 0 aliphatic carbocycles. The lowest BCUT2D eigenvalue weighted by molar-refractivity contribution is 0.205. The second-order valence-electron chi connectivity index (χ2n) is 5.19. The largest absolute Gasteiger partial charge is 0.323 e. The summed E-state index contributed by atoms with van der Waals surface area (Å²) in [5, 5.41) is 8.07. The highest BCUT2D eigenvalue weighted by molar-refractivity contribution is 5.24. The van der Waals surface area contributed by atoms with Gasteiger partial charge in [0.2, 0.25) is 0 Å². The van der Waals surface area contributed by atoms with Crippen molar-refractivity contribution in [3.8, 4) is 0 Å². The monoisotopic (exact) mass is 257 g/mol. The van der Waals surface area contributed by atoms with Crippen molar-refractivity contribution in [1.29, 1.82) is 0 Å². The molecule has 0 amide bonds. The number of hydrogen-bond donors (Lipinski definition) is 1. The third kappa shape index (κ3) is 2.67. The molecule has 0 fully saturated rings. The summed E-state index contributed by atoms with van der Waals surface area (Å²) in [6.07, 6.45) is 1.80. The first kappa shape index (κ1) is 12.3. The number of aromatic nitrogens is 3. The lowest BCUT2D eigenvalue weighted by Crippen LogP contribution is -2.38. The zero-order valence-electron chi connectivity index (χ0n) is 11.2. The molecule has 1 aromatic heterocycles. The minimum Gasteiger partial charge on any atom is -0.323 e. The van der Waals surface area contributed by atoms with Crippen LogP contribution in [0.25, 0.3) is 0 Å². The molecule has 2 heterocycles. The average molecular weight is 257 g/mol. The van der Waals surface area contributed by atoms with Crippen LogP contribution >= 0.6 is 0 Å². The van der Waals surface area contributed by atoms with E-state index in [1.807, 2.05) is 0 Å². The van der Waals surface area contributed by atoms with Gasteiger partial charge in [0, 0.05) is 25.7 Å². The molecule has 2 N–H and O–H groups in total. The van der Waals surface area contributed by atoms with Crippen LogP contribution in [0.4, 0.5) is 0 Å². The Bertz CT molecular complexity index is 545. The topological polar surface area (TPSA) is 60.0 Å². The molecule has 1 aliphatic rings. The highest BCUT2D eigenvalue weighted by Gasteiger charge is 2.19. The number of nitrogens with two attached hydrogens (primary N) is 1. The van der Waals surface area contributed by atoms with Crippen molar-refractivity contribution in [3.63, 3.8) is 0 Å². The van der Waals surface area contributed by atoms with Crippen molar-refractivity contribution < 1.29 is 0 Å². The standard InChI is InChI=1S/C14H19N5/c1-11-2-4-12(5-3-11)13(15)8-18-6-7-19-10-16-17-14(19)9-18/h2-5,10,13H,6-9,15H2,1H3. The van der Waals surface area contributed by atoms with Gasteiger partial charge in [-0.25, -0.2) is 0 Å². The van der Waals surface area contributed by atoms with Gasteiger partial charge in [0.15, 0.2) is 0 Å². The minimum atomic E-state index is 0.0510. The minimum absolute atomic E-state index is 0.0510. The van der Waals surface area contributed by atoms with E-state index < -0.39 is 0 Å². The molecule has 0 radical (unpaired) electrons. The number of nitrogens with zero attached hydrogens (tertiary/aromatic N) is 4. The Morgan fingerprint density at radius 3 is 2.84 bits per heavy atom. The molecule has 0 spiro atoms. The number of benzene rings is 1. The molecule has 1 aromatic carbocycles. The molecule has 1 atom stereocenters. The summed E-state index contributed by atoms with van der Waals surface area (Å²) in [6.45, 7) is 5.73. The summed E-state index contributed by atoms with van der Waals surface area (Å²) in [6, 6.07) is 8.51. The van der Waals surface area contributed by atoms with Gasteiger partial charge in [-0.1, -0.05) is 29.8 Å². The summed E-state index contributed by atoms with van der Waals surface area (Å²) < 4.78 is 2.11. The Kier molecular flexibility index (Phi) is 3.31. The summed E-state index contributed by atoms with van der Waals surface area (Å²) >= 11 is 0. The molecular formula is C14H19N5. The first-order valence-corrected chi connectivity index (χ1v) is 6.63. The highest BCUT2D eigenvalue weighted by atomic mass is 15.3. The zero-order valence-corrected chi connectivity index (χ0v) is 11.2. The molecule has 0 saturated heterocycles. The number of rotatable bonds is 3. The highest BCUT2D eigenvalue weighted by Crippen LogP contribution is 2.16. The molecule has 0 saturated carbocycles. The molecule has 5 heteroatoms. The van der Waals surface area contributed by atoms with E-state index in [2.05, 4.69) is 50.9 Å². The third-order valence-electron chi connectivity index (χ3n) is 3.68. The lowest BCUT2D eigenvalue weighted by Gasteiger charge is -2.29. The van der Waals surface area contributed by atoms with Gasteiger partial charge in [0.25, 0.3) is 0 Å².